The quantitative estimate of drug-likeness (QED) is 0.188. The third kappa shape index (κ3) is 4.88. The van der Waals surface area contributed by atoms with Crippen molar-refractivity contribution in [1.82, 2.24) is 19.9 Å². The highest BCUT2D eigenvalue weighted by Crippen LogP contribution is 2.48. The van der Waals surface area contributed by atoms with Gasteiger partial charge in [0.15, 0.2) is 0 Å². The molecule has 8 heteroatoms. The molecule has 0 fully saturated rings. The number of nitrogens with one attached hydrogen (secondary N) is 2. The van der Waals surface area contributed by atoms with Gasteiger partial charge in [-0.2, -0.15) is 0 Å². The second kappa shape index (κ2) is 12.5. The predicted octanol–water partition coefficient (Wildman–Crippen LogP) is 14.4. The van der Waals surface area contributed by atoms with E-state index in [1.807, 2.05) is 0 Å². The molecule has 0 saturated carbocycles. The summed E-state index contributed by atoms with van der Waals surface area (Å²) in [4.78, 5) is 24.2. The van der Waals surface area contributed by atoms with Crippen LogP contribution in [0.3, 0.4) is 0 Å². The Labute approximate surface area is 320 Å². The molecule has 0 radical (unpaired) electrons. The van der Waals surface area contributed by atoms with Gasteiger partial charge in [-0.1, -0.05) is 24.3 Å². The minimum absolute atomic E-state index is 1.03. The SMILES string of the molecule is CC1=C(C)c2nc1c(-c1cccs1)c1[nH]c(c(C)c1C)c(-c1cccs1)c1nc(c(-c3cccs3)c3[nH]c(c(C)c3C)c2-c2cccs2)C(C)=C1C. The Morgan fingerprint density at radius 2 is 0.596 bits per heavy atom. The maximum Gasteiger partial charge on any atom is 0.0777 e. The molecule has 4 nitrogen and oxygen atoms in total. The molecule has 2 aliphatic rings. The van der Waals surface area contributed by atoms with Crippen molar-refractivity contribution < 1.29 is 0 Å². The average Bonchev–Trinajstić information content (AvgIpc) is 3.99. The van der Waals surface area contributed by atoms with E-state index in [0.29, 0.717) is 0 Å². The van der Waals surface area contributed by atoms with Gasteiger partial charge in [0.25, 0.3) is 0 Å². The second-order valence-corrected chi connectivity index (χ2v) is 17.6. The topological polar surface area (TPSA) is 57.4 Å². The highest BCUT2D eigenvalue weighted by Gasteiger charge is 2.29. The van der Waals surface area contributed by atoms with Gasteiger partial charge in [-0.15, -0.1) is 45.3 Å². The summed E-state index contributed by atoms with van der Waals surface area (Å²) in [5, 5.41) is 8.67. The molecule has 0 saturated heterocycles. The van der Waals surface area contributed by atoms with Crippen molar-refractivity contribution in [3.05, 3.63) is 115 Å². The minimum Gasteiger partial charge on any atom is -0.354 e. The first kappa shape index (κ1) is 33.3. The van der Waals surface area contributed by atoms with Crippen LogP contribution in [0, 0.1) is 27.7 Å². The van der Waals surface area contributed by atoms with Crippen LogP contribution in [0.25, 0.3) is 86.1 Å². The zero-order valence-corrected chi connectivity index (χ0v) is 33.7. The number of aryl methyl sites for hydroxylation is 4. The number of hydrogen-bond donors (Lipinski definition) is 2. The molecule has 0 aliphatic carbocycles. The highest BCUT2D eigenvalue weighted by molar-refractivity contribution is 7.14. The van der Waals surface area contributed by atoms with Gasteiger partial charge < -0.3 is 9.97 Å². The number of H-pyrrole nitrogens is 2. The van der Waals surface area contributed by atoms with Crippen LogP contribution in [0.5, 0.6) is 0 Å². The maximum absolute atomic E-state index is 5.68. The Morgan fingerprint density at radius 3 is 0.788 bits per heavy atom. The molecule has 7 aromatic rings. The first-order chi connectivity index (χ1) is 25.2. The first-order valence-electron chi connectivity index (χ1n) is 17.5. The number of aromatic nitrogens is 4. The Kier molecular flexibility index (Phi) is 8.01. The molecule has 9 heterocycles. The van der Waals surface area contributed by atoms with Gasteiger partial charge in [0.2, 0.25) is 0 Å². The normalized spacial score (nSPS) is 13.2. The highest BCUT2D eigenvalue weighted by atomic mass is 32.1. The fourth-order valence-corrected chi connectivity index (χ4v) is 10.8. The molecule has 0 amide bonds. The summed E-state index contributed by atoms with van der Waals surface area (Å²) in [6.07, 6.45) is 0. The lowest BCUT2D eigenvalue weighted by atomic mass is 9.98. The molecule has 0 aromatic carbocycles. The third-order valence-electron chi connectivity index (χ3n) is 11.1. The molecular weight excluding hydrogens is 713 g/mol. The molecule has 7 aromatic heterocycles. The molecule has 0 atom stereocenters. The van der Waals surface area contributed by atoms with E-state index in [2.05, 4.69) is 135 Å². The van der Waals surface area contributed by atoms with E-state index in [4.69, 9.17) is 9.97 Å². The van der Waals surface area contributed by atoms with Gasteiger partial charge in [-0.25, -0.2) is 9.97 Å². The molecule has 8 bridgehead atoms. The Hall–Kier alpha value is -4.60. The van der Waals surface area contributed by atoms with E-state index < -0.39 is 0 Å². The van der Waals surface area contributed by atoms with E-state index in [1.165, 1.54) is 64.1 Å². The molecule has 2 aliphatic heterocycles. The average molecular weight is 751 g/mol. The summed E-state index contributed by atoms with van der Waals surface area (Å²) in [7, 11) is 0. The zero-order chi connectivity index (χ0) is 36.0. The van der Waals surface area contributed by atoms with Crippen molar-refractivity contribution in [3.8, 4) is 41.8 Å². The molecule has 2 N–H and O–H groups in total. The fraction of sp³-hybridized carbons (Fsp3) is 0.182. The Bertz CT molecular complexity index is 2410. The monoisotopic (exact) mass is 750 g/mol. The summed E-state index contributed by atoms with van der Waals surface area (Å²) in [5.74, 6) is 0. The van der Waals surface area contributed by atoms with E-state index >= 15 is 0 Å². The van der Waals surface area contributed by atoms with Crippen molar-refractivity contribution in [3.63, 3.8) is 0 Å². The lowest BCUT2D eigenvalue weighted by molar-refractivity contribution is 1.29. The van der Waals surface area contributed by atoms with Crippen LogP contribution >= 0.6 is 45.3 Å². The number of thiophene rings is 4. The van der Waals surface area contributed by atoms with Crippen LogP contribution in [0.2, 0.25) is 0 Å². The van der Waals surface area contributed by atoms with E-state index in [0.717, 1.165) is 67.1 Å². The Morgan fingerprint density at radius 1 is 0.365 bits per heavy atom. The zero-order valence-electron chi connectivity index (χ0n) is 30.5. The number of rotatable bonds is 4. The largest absolute Gasteiger partial charge is 0.354 e. The van der Waals surface area contributed by atoms with Gasteiger partial charge in [-0.3, -0.25) is 0 Å². The van der Waals surface area contributed by atoms with Crippen molar-refractivity contribution >= 4 is 89.7 Å². The smallest absolute Gasteiger partial charge is 0.0777 e. The van der Waals surface area contributed by atoms with Crippen LogP contribution in [-0.4, -0.2) is 19.9 Å². The number of fused-ring (bicyclic) bond motifs is 8. The summed E-state index contributed by atoms with van der Waals surface area (Å²) in [6.45, 7) is 18.0. The van der Waals surface area contributed by atoms with Crippen LogP contribution in [0.1, 0.15) is 72.7 Å². The molecule has 9 rings (SSSR count). The van der Waals surface area contributed by atoms with Crippen LogP contribution < -0.4 is 0 Å². The van der Waals surface area contributed by atoms with Gasteiger partial charge in [-0.05, 0) is 146 Å². The predicted molar refractivity (Wildman–Crippen MR) is 230 cm³/mol. The lowest BCUT2D eigenvalue weighted by Crippen LogP contribution is -1.89. The summed E-state index contributed by atoms with van der Waals surface area (Å²) < 4.78 is 0. The van der Waals surface area contributed by atoms with Gasteiger partial charge >= 0.3 is 0 Å². The van der Waals surface area contributed by atoms with Gasteiger partial charge in [0, 0.05) is 41.8 Å². The number of allylic oxidation sites excluding steroid dienone is 4. The van der Waals surface area contributed by atoms with E-state index in [-0.39, 0.29) is 0 Å². The van der Waals surface area contributed by atoms with Gasteiger partial charge in [0.1, 0.15) is 0 Å². The molecular formula is C44H38N4S4. The summed E-state index contributed by atoms with van der Waals surface area (Å²) >= 11 is 7.07. The third-order valence-corrected chi connectivity index (χ3v) is 14.7. The second-order valence-electron chi connectivity index (χ2n) is 13.8. The van der Waals surface area contributed by atoms with Crippen molar-refractivity contribution in [2.75, 3.05) is 0 Å². The lowest BCUT2D eigenvalue weighted by Gasteiger charge is -2.06. The molecule has 52 heavy (non-hydrogen) atoms. The van der Waals surface area contributed by atoms with Crippen molar-refractivity contribution in [2.45, 2.75) is 55.4 Å². The molecule has 0 spiro atoms. The molecule has 0 unspecified atom stereocenters. The number of hydrogen-bond acceptors (Lipinski definition) is 6. The number of nitrogens with zero attached hydrogens (tertiary/aromatic N) is 2. The van der Waals surface area contributed by atoms with Crippen LogP contribution in [0.4, 0.5) is 0 Å². The summed E-state index contributed by atoms with van der Waals surface area (Å²) in [6, 6.07) is 17.5. The van der Waals surface area contributed by atoms with Crippen LogP contribution in [0.15, 0.2) is 70.1 Å². The van der Waals surface area contributed by atoms with Crippen LogP contribution in [-0.2, 0) is 0 Å². The summed E-state index contributed by atoms with van der Waals surface area (Å²) in [5.41, 5.74) is 22.9. The minimum atomic E-state index is 1.03. The van der Waals surface area contributed by atoms with Crippen molar-refractivity contribution in [2.24, 2.45) is 0 Å². The van der Waals surface area contributed by atoms with E-state index in [1.54, 1.807) is 45.3 Å². The molecule has 258 valence electrons. The maximum atomic E-state index is 5.68. The standard InChI is InChI=1S/C44H38N4S4/c1-21-22(2)38-34(30-14-10-18-50-30)40-25(5)26(6)42(47-40)36(32-16-12-20-52-32)44-28(8)27(7)43(48-44)35(31-15-11-19-51-31)41-24(4)23(3)39(46-41)33(37(21)45-38)29-13-9-17-49-29/h9-20,45,48H,1-8H3. The Balaban J connectivity index is 1.62. The van der Waals surface area contributed by atoms with Crippen molar-refractivity contribution in [1.29, 1.82) is 0 Å². The van der Waals surface area contributed by atoms with Gasteiger partial charge in [0.05, 0.1) is 44.8 Å². The first-order valence-corrected chi connectivity index (χ1v) is 21.0. The van der Waals surface area contributed by atoms with E-state index in [9.17, 15) is 0 Å². The fourth-order valence-electron chi connectivity index (χ4n) is 7.73. The number of aromatic amines is 2.